The van der Waals surface area contributed by atoms with Crippen molar-refractivity contribution in [3.05, 3.63) is 18.0 Å². The van der Waals surface area contributed by atoms with E-state index < -0.39 is 5.41 Å². The number of aromatic amines is 1. The molecule has 6 nitrogen and oxygen atoms in total. The number of hydrogen-bond acceptors (Lipinski definition) is 3. The van der Waals surface area contributed by atoms with Crippen molar-refractivity contribution in [3.63, 3.8) is 0 Å². The standard InChI is InChI=1S/C11H16N4O2/c1-11(10(13)17)2-3-15(6-11)9(16)8-4-7(12)5-14-8/h4-5,14H,2-3,6,12H2,1H3,(H2,13,17). The predicted octanol–water partition coefficient (Wildman–Crippen LogP) is -0.0656. The van der Waals surface area contributed by atoms with Gasteiger partial charge in [0.2, 0.25) is 5.91 Å². The zero-order valence-electron chi connectivity index (χ0n) is 9.69. The highest BCUT2D eigenvalue weighted by Crippen LogP contribution is 2.30. The number of likely N-dealkylation sites (tertiary alicyclic amines) is 1. The molecule has 1 atom stereocenters. The number of hydrogen-bond donors (Lipinski definition) is 3. The van der Waals surface area contributed by atoms with Crippen molar-refractivity contribution in [2.45, 2.75) is 13.3 Å². The average Bonchev–Trinajstić information content (AvgIpc) is 2.85. The van der Waals surface area contributed by atoms with Gasteiger partial charge < -0.3 is 21.4 Å². The first-order valence-electron chi connectivity index (χ1n) is 5.45. The fourth-order valence-electron chi connectivity index (χ4n) is 2.04. The van der Waals surface area contributed by atoms with Crippen molar-refractivity contribution in [2.75, 3.05) is 18.8 Å². The molecule has 6 heteroatoms. The lowest BCUT2D eigenvalue weighted by atomic mass is 9.89. The maximum Gasteiger partial charge on any atom is 0.270 e. The van der Waals surface area contributed by atoms with Crippen LogP contribution in [0.3, 0.4) is 0 Å². The summed E-state index contributed by atoms with van der Waals surface area (Å²) in [6, 6.07) is 1.59. The minimum absolute atomic E-state index is 0.147. The van der Waals surface area contributed by atoms with E-state index >= 15 is 0 Å². The number of nitrogens with one attached hydrogen (secondary N) is 1. The molecular weight excluding hydrogens is 220 g/mol. The number of aromatic nitrogens is 1. The Labute approximate surface area is 99.0 Å². The molecule has 0 saturated carbocycles. The summed E-state index contributed by atoms with van der Waals surface area (Å²) in [5.74, 6) is -0.509. The number of rotatable bonds is 2. The first kappa shape index (κ1) is 11.5. The van der Waals surface area contributed by atoms with E-state index in [1.165, 1.54) is 0 Å². The molecule has 2 rings (SSSR count). The number of primary amides is 1. The molecule has 1 aromatic heterocycles. The Balaban J connectivity index is 2.11. The van der Waals surface area contributed by atoms with Crippen LogP contribution < -0.4 is 11.5 Å². The minimum Gasteiger partial charge on any atom is -0.397 e. The lowest BCUT2D eigenvalue weighted by Gasteiger charge is -2.20. The van der Waals surface area contributed by atoms with Crippen LogP contribution in [-0.2, 0) is 4.79 Å². The second kappa shape index (κ2) is 3.80. The van der Waals surface area contributed by atoms with Crippen LogP contribution in [-0.4, -0.2) is 34.8 Å². The topological polar surface area (TPSA) is 105 Å². The van der Waals surface area contributed by atoms with Gasteiger partial charge in [-0.1, -0.05) is 0 Å². The predicted molar refractivity (Wildman–Crippen MR) is 63.0 cm³/mol. The number of carbonyl (C=O) groups is 2. The van der Waals surface area contributed by atoms with Crippen LogP contribution in [0.4, 0.5) is 5.69 Å². The minimum atomic E-state index is -0.617. The van der Waals surface area contributed by atoms with E-state index in [1.807, 2.05) is 0 Å². The van der Waals surface area contributed by atoms with Crippen LogP contribution in [0.25, 0.3) is 0 Å². The van der Waals surface area contributed by atoms with Gasteiger partial charge in [-0.25, -0.2) is 0 Å². The monoisotopic (exact) mass is 236 g/mol. The average molecular weight is 236 g/mol. The third-order valence-electron chi connectivity index (χ3n) is 3.29. The van der Waals surface area contributed by atoms with Gasteiger partial charge in [0.15, 0.2) is 0 Å². The van der Waals surface area contributed by atoms with Crippen LogP contribution in [0, 0.1) is 5.41 Å². The van der Waals surface area contributed by atoms with Gasteiger partial charge in [-0.3, -0.25) is 9.59 Å². The Morgan fingerprint density at radius 1 is 1.53 bits per heavy atom. The van der Waals surface area contributed by atoms with Crippen LogP contribution in [0.5, 0.6) is 0 Å². The van der Waals surface area contributed by atoms with Crippen molar-refractivity contribution in [2.24, 2.45) is 11.1 Å². The molecule has 0 aromatic carbocycles. The van der Waals surface area contributed by atoms with Gasteiger partial charge >= 0.3 is 0 Å². The van der Waals surface area contributed by atoms with Crippen molar-refractivity contribution < 1.29 is 9.59 Å². The Bertz CT molecular complexity index is 468. The van der Waals surface area contributed by atoms with Gasteiger partial charge in [-0.2, -0.15) is 0 Å². The first-order chi connectivity index (χ1) is 7.92. The summed E-state index contributed by atoms with van der Waals surface area (Å²) < 4.78 is 0. The Morgan fingerprint density at radius 2 is 2.24 bits per heavy atom. The summed E-state index contributed by atoms with van der Waals surface area (Å²) >= 11 is 0. The molecule has 5 N–H and O–H groups in total. The zero-order chi connectivity index (χ0) is 12.6. The molecule has 2 amide bonds. The van der Waals surface area contributed by atoms with E-state index in [4.69, 9.17) is 11.5 Å². The molecule has 1 fully saturated rings. The molecular formula is C11H16N4O2. The summed E-state index contributed by atoms with van der Waals surface area (Å²) in [6.07, 6.45) is 2.17. The van der Waals surface area contributed by atoms with Gasteiger partial charge in [-0.15, -0.1) is 0 Å². The molecule has 17 heavy (non-hydrogen) atoms. The van der Waals surface area contributed by atoms with E-state index in [0.29, 0.717) is 30.9 Å². The lowest BCUT2D eigenvalue weighted by molar-refractivity contribution is -0.126. The van der Waals surface area contributed by atoms with Crippen LogP contribution in [0.15, 0.2) is 12.3 Å². The smallest absolute Gasteiger partial charge is 0.270 e. The molecule has 1 saturated heterocycles. The molecule has 0 aliphatic carbocycles. The van der Waals surface area contributed by atoms with E-state index in [-0.39, 0.29) is 11.8 Å². The Kier molecular flexibility index (Phi) is 2.57. The van der Waals surface area contributed by atoms with Gasteiger partial charge in [0.05, 0.1) is 5.41 Å². The lowest BCUT2D eigenvalue weighted by Crippen LogP contribution is -2.38. The fraction of sp³-hybridized carbons (Fsp3) is 0.455. The molecule has 1 aliphatic rings. The maximum atomic E-state index is 12.1. The number of H-pyrrole nitrogens is 1. The Morgan fingerprint density at radius 3 is 2.71 bits per heavy atom. The highest BCUT2D eigenvalue weighted by molar-refractivity contribution is 5.94. The number of amides is 2. The summed E-state index contributed by atoms with van der Waals surface area (Å²) in [5.41, 5.74) is 11.2. The highest BCUT2D eigenvalue weighted by Gasteiger charge is 2.40. The second-order valence-electron chi connectivity index (χ2n) is 4.75. The normalized spacial score (nSPS) is 23.9. The number of nitrogen functional groups attached to an aromatic ring is 1. The summed E-state index contributed by atoms with van der Waals surface area (Å²) in [4.78, 5) is 27.8. The maximum absolute atomic E-state index is 12.1. The van der Waals surface area contributed by atoms with E-state index in [9.17, 15) is 9.59 Å². The largest absolute Gasteiger partial charge is 0.397 e. The molecule has 92 valence electrons. The van der Waals surface area contributed by atoms with E-state index in [0.717, 1.165) is 0 Å². The third-order valence-corrected chi connectivity index (χ3v) is 3.29. The van der Waals surface area contributed by atoms with Gasteiger partial charge in [0.1, 0.15) is 5.69 Å². The molecule has 1 aliphatic heterocycles. The first-order valence-corrected chi connectivity index (χ1v) is 5.45. The fourth-order valence-corrected chi connectivity index (χ4v) is 2.04. The van der Waals surface area contributed by atoms with Crippen molar-refractivity contribution in [1.29, 1.82) is 0 Å². The number of carbonyl (C=O) groups excluding carboxylic acids is 2. The Hall–Kier alpha value is -1.98. The number of nitrogens with two attached hydrogens (primary N) is 2. The summed E-state index contributed by atoms with van der Waals surface area (Å²) in [7, 11) is 0. The molecule has 1 aromatic rings. The van der Waals surface area contributed by atoms with Crippen LogP contribution in [0.1, 0.15) is 23.8 Å². The van der Waals surface area contributed by atoms with E-state index in [1.54, 1.807) is 24.1 Å². The van der Waals surface area contributed by atoms with Crippen LogP contribution >= 0.6 is 0 Å². The molecule has 0 radical (unpaired) electrons. The van der Waals surface area contributed by atoms with Crippen molar-refractivity contribution in [1.82, 2.24) is 9.88 Å². The zero-order valence-corrected chi connectivity index (χ0v) is 9.69. The summed E-state index contributed by atoms with van der Waals surface area (Å²) in [6.45, 7) is 2.68. The van der Waals surface area contributed by atoms with Crippen molar-refractivity contribution >= 4 is 17.5 Å². The van der Waals surface area contributed by atoms with Crippen LogP contribution in [0.2, 0.25) is 0 Å². The van der Waals surface area contributed by atoms with E-state index in [2.05, 4.69) is 4.98 Å². The summed E-state index contributed by atoms with van der Waals surface area (Å²) in [5, 5.41) is 0. The molecule has 2 heterocycles. The van der Waals surface area contributed by atoms with Crippen molar-refractivity contribution in [3.8, 4) is 0 Å². The molecule has 0 spiro atoms. The third kappa shape index (κ3) is 1.98. The quantitative estimate of drug-likeness (QED) is 0.669. The number of anilines is 1. The SMILES string of the molecule is CC1(C(N)=O)CCN(C(=O)c2cc(N)c[nH]2)C1. The van der Waals surface area contributed by atoms with Gasteiger partial charge in [0, 0.05) is 25.0 Å². The molecule has 0 bridgehead atoms. The number of nitrogens with zero attached hydrogens (tertiary/aromatic N) is 1. The van der Waals surface area contributed by atoms with Gasteiger partial charge in [-0.05, 0) is 19.4 Å². The molecule has 1 unspecified atom stereocenters. The second-order valence-corrected chi connectivity index (χ2v) is 4.75. The highest BCUT2D eigenvalue weighted by atomic mass is 16.2. The van der Waals surface area contributed by atoms with Gasteiger partial charge in [0.25, 0.3) is 5.91 Å².